The second-order valence-electron chi connectivity index (χ2n) is 7.88. The van der Waals surface area contributed by atoms with E-state index in [0.717, 1.165) is 22.4 Å². The maximum atomic E-state index is 13.3. The van der Waals surface area contributed by atoms with Crippen LogP contribution in [0.15, 0.2) is 54.1 Å². The molecule has 1 aliphatic rings. The number of halogens is 1. The van der Waals surface area contributed by atoms with Gasteiger partial charge in [0.15, 0.2) is 6.61 Å². The van der Waals surface area contributed by atoms with E-state index in [1.165, 1.54) is 12.1 Å². The summed E-state index contributed by atoms with van der Waals surface area (Å²) in [5.41, 5.74) is 3.69. The molecule has 0 bridgehead atoms. The predicted molar refractivity (Wildman–Crippen MR) is 124 cm³/mol. The molecule has 8 heteroatoms. The van der Waals surface area contributed by atoms with Crippen LogP contribution in [0.5, 0.6) is 5.75 Å². The number of nitrogens with zero attached hydrogens (tertiary/aromatic N) is 2. The molecule has 1 aromatic heterocycles. The van der Waals surface area contributed by atoms with Gasteiger partial charge in [0.1, 0.15) is 30.1 Å². The van der Waals surface area contributed by atoms with Crippen molar-refractivity contribution in [1.29, 1.82) is 5.26 Å². The van der Waals surface area contributed by atoms with Gasteiger partial charge in [-0.25, -0.2) is 9.18 Å². The molecule has 0 fully saturated rings. The Morgan fingerprint density at radius 3 is 2.65 bits per heavy atom. The molecular weight excluding hydrogens is 437 g/mol. The number of benzene rings is 2. The van der Waals surface area contributed by atoms with E-state index in [1.807, 2.05) is 25.1 Å². The van der Waals surface area contributed by atoms with Crippen molar-refractivity contribution in [1.82, 2.24) is 4.57 Å². The minimum Gasteiger partial charge on any atom is -0.488 e. The van der Waals surface area contributed by atoms with Gasteiger partial charge < -0.3 is 19.4 Å². The molecule has 0 saturated carbocycles. The number of hydrogen-bond donors (Lipinski definition) is 1. The molecule has 1 amide bonds. The lowest BCUT2D eigenvalue weighted by Gasteiger charge is -2.17. The second-order valence-corrected chi connectivity index (χ2v) is 7.88. The van der Waals surface area contributed by atoms with Crippen LogP contribution in [0, 0.1) is 31.0 Å². The lowest BCUT2D eigenvalue weighted by atomic mass is 10.1. The predicted octanol–water partition coefficient (Wildman–Crippen LogP) is 4.12. The Bertz CT molecular complexity index is 1330. The number of fused-ring (bicyclic) bond motifs is 1. The molecule has 0 radical (unpaired) electrons. The molecule has 1 N–H and O–H groups in total. The quantitative estimate of drug-likeness (QED) is 0.560. The van der Waals surface area contributed by atoms with Crippen molar-refractivity contribution in [3.63, 3.8) is 0 Å². The Labute approximate surface area is 196 Å². The van der Waals surface area contributed by atoms with Crippen molar-refractivity contribution < 1.29 is 23.5 Å². The summed E-state index contributed by atoms with van der Waals surface area (Å²) in [6.45, 7) is 3.48. The first-order chi connectivity index (χ1) is 16.4. The third-order valence-electron chi connectivity index (χ3n) is 5.68. The highest BCUT2D eigenvalue weighted by atomic mass is 19.1. The van der Waals surface area contributed by atoms with E-state index in [4.69, 9.17) is 9.47 Å². The molecule has 34 heavy (non-hydrogen) atoms. The summed E-state index contributed by atoms with van der Waals surface area (Å²) in [7, 11) is 0. The number of carbonyl (C=O) groups is 2. The van der Waals surface area contributed by atoms with E-state index >= 15 is 0 Å². The number of rotatable bonds is 6. The van der Waals surface area contributed by atoms with Gasteiger partial charge >= 0.3 is 5.97 Å². The lowest BCUT2D eigenvalue weighted by Crippen LogP contribution is -2.25. The molecule has 2 heterocycles. The first-order valence-electron chi connectivity index (χ1n) is 10.6. The van der Waals surface area contributed by atoms with Gasteiger partial charge in [-0.2, -0.15) is 5.26 Å². The topological polar surface area (TPSA) is 93.3 Å². The maximum Gasteiger partial charge on any atom is 0.338 e. The van der Waals surface area contributed by atoms with Crippen molar-refractivity contribution in [3.8, 4) is 11.8 Å². The third kappa shape index (κ3) is 4.69. The fraction of sp³-hybridized carbons (Fsp3) is 0.192. The minimum atomic E-state index is -0.654. The Balaban J connectivity index is 1.47. The van der Waals surface area contributed by atoms with Crippen LogP contribution in [0.25, 0.3) is 6.08 Å². The number of carbonyl (C=O) groups excluding carboxylic acids is 2. The van der Waals surface area contributed by atoms with Crippen LogP contribution in [-0.2, 0) is 20.9 Å². The van der Waals surface area contributed by atoms with Gasteiger partial charge in [-0.1, -0.05) is 30.3 Å². The lowest BCUT2D eigenvalue weighted by molar-refractivity contribution is -0.143. The van der Waals surface area contributed by atoms with Crippen LogP contribution >= 0.6 is 0 Å². The molecule has 1 aliphatic heterocycles. The van der Waals surface area contributed by atoms with Gasteiger partial charge in [-0.15, -0.1) is 0 Å². The van der Waals surface area contributed by atoms with E-state index in [-0.39, 0.29) is 12.4 Å². The second kappa shape index (κ2) is 9.63. The Hall–Kier alpha value is -4.38. The number of para-hydroxylation sites is 1. The molecule has 7 nitrogen and oxygen atoms in total. The monoisotopic (exact) mass is 459 g/mol. The molecule has 2 aromatic carbocycles. The maximum absolute atomic E-state index is 13.3. The van der Waals surface area contributed by atoms with Crippen molar-refractivity contribution >= 4 is 23.8 Å². The largest absolute Gasteiger partial charge is 0.488 e. The highest BCUT2D eigenvalue weighted by molar-refractivity contribution is 5.98. The van der Waals surface area contributed by atoms with Crippen LogP contribution in [0.2, 0.25) is 0 Å². The molecule has 172 valence electrons. The van der Waals surface area contributed by atoms with Crippen molar-refractivity contribution in [2.45, 2.75) is 20.4 Å². The summed E-state index contributed by atoms with van der Waals surface area (Å²) in [5.74, 6) is -0.607. The van der Waals surface area contributed by atoms with E-state index in [9.17, 15) is 19.2 Å². The first-order valence-corrected chi connectivity index (χ1v) is 10.6. The Kier molecular flexibility index (Phi) is 6.46. The zero-order chi connectivity index (χ0) is 24.2. The standard InChI is InChI=1S/C26H22FN3O4/c1-16-17(2)30(13-18-7-9-21(27)10-8-18)25(22(16)12-28)29-24(31)15-34-26(32)20-11-19-5-3-4-6-23(19)33-14-20/h3-11H,13-15H2,1-2H3,(H,29,31). The average molecular weight is 459 g/mol. The number of amides is 1. The van der Waals surface area contributed by atoms with Crippen molar-refractivity contribution in [3.05, 3.63) is 87.9 Å². The number of nitriles is 1. The smallest absolute Gasteiger partial charge is 0.338 e. The molecule has 0 saturated heterocycles. The number of nitrogens with one attached hydrogen (secondary N) is 1. The van der Waals surface area contributed by atoms with Crippen LogP contribution in [0.1, 0.15) is 27.9 Å². The normalized spacial score (nSPS) is 12.1. The zero-order valence-corrected chi connectivity index (χ0v) is 18.7. The van der Waals surface area contributed by atoms with E-state index < -0.39 is 18.5 Å². The summed E-state index contributed by atoms with van der Waals surface area (Å²) in [6, 6.07) is 15.4. The van der Waals surface area contributed by atoms with Crippen molar-refractivity contribution in [2.75, 3.05) is 18.5 Å². The van der Waals surface area contributed by atoms with Gasteiger partial charge in [0.05, 0.1) is 11.1 Å². The van der Waals surface area contributed by atoms with Crippen LogP contribution in [0.3, 0.4) is 0 Å². The SMILES string of the molecule is Cc1c(C#N)c(NC(=O)COC(=O)C2=Cc3ccccc3OC2)n(Cc2ccc(F)cc2)c1C. The summed E-state index contributed by atoms with van der Waals surface area (Å²) in [4.78, 5) is 25.1. The summed E-state index contributed by atoms with van der Waals surface area (Å²) in [5, 5.41) is 12.3. The molecule has 4 rings (SSSR count). The molecule has 3 aromatic rings. The number of ether oxygens (including phenoxy) is 2. The third-order valence-corrected chi connectivity index (χ3v) is 5.68. The average Bonchev–Trinajstić information content (AvgIpc) is 3.07. The summed E-state index contributed by atoms with van der Waals surface area (Å²) < 4.78 is 25.8. The van der Waals surface area contributed by atoms with Gasteiger partial charge in [-0.3, -0.25) is 4.79 Å². The fourth-order valence-corrected chi connectivity index (χ4v) is 3.73. The van der Waals surface area contributed by atoms with Gasteiger partial charge in [0, 0.05) is 17.8 Å². The van der Waals surface area contributed by atoms with Crippen LogP contribution < -0.4 is 10.1 Å². The molecular formula is C26H22FN3O4. The number of hydrogen-bond acceptors (Lipinski definition) is 5. The fourth-order valence-electron chi connectivity index (χ4n) is 3.73. The van der Waals surface area contributed by atoms with Gasteiger partial charge in [0.25, 0.3) is 5.91 Å². The van der Waals surface area contributed by atoms with Crippen molar-refractivity contribution in [2.24, 2.45) is 0 Å². The summed E-state index contributed by atoms with van der Waals surface area (Å²) in [6.07, 6.45) is 1.67. The van der Waals surface area contributed by atoms with Crippen LogP contribution in [-0.4, -0.2) is 29.7 Å². The Morgan fingerprint density at radius 1 is 1.18 bits per heavy atom. The molecule has 0 spiro atoms. The highest BCUT2D eigenvalue weighted by Crippen LogP contribution is 2.28. The van der Waals surface area contributed by atoms with E-state index in [2.05, 4.69) is 11.4 Å². The Morgan fingerprint density at radius 2 is 1.91 bits per heavy atom. The van der Waals surface area contributed by atoms with E-state index in [1.54, 1.807) is 35.8 Å². The van der Waals surface area contributed by atoms with Gasteiger partial charge in [0.2, 0.25) is 0 Å². The molecule has 0 atom stereocenters. The minimum absolute atomic E-state index is 0.0506. The zero-order valence-electron chi connectivity index (χ0n) is 18.7. The summed E-state index contributed by atoms with van der Waals surface area (Å²) >= 11 is 0. The highest BCUT2D eigenvalue weighted by Gasteiger charge is 2.22. The number of aromatic nitrogens is 1. The molecule has 0 aliphatic carbocycles. The first kappa shape index (κ1) is 22.8. The van der Waals surface area contributed by atoms with Gasteiger partial charge in [-0.05, 0) is 49.2 Å². The number of anilines is 1. The van der Waals surface area contributed by atoms with Crippen LogP contribution in [0.4, 0.5) is 10.2 Å². The van der Waals surface area contributed by atoms with E-state index in [0.29, 0.717) is 29.2 Å². The number of esters is 1. The molecule has 0 unspecified atom stereocenters.